The molecule has 0 bridgehead atoms. The zero-order chi connectivity index (χ0) is 19.0. The molecule has 1 aromatic carbocycles. The van der Waals surface area contributed by atoms with E-state index in [1.165, 1.54) is 31.4 Å². The molecule has 2 unspecified atom stereocenters. The van der Waals surface area contributed by atoms with Gasteiger partial charge in [0.2, 0.25) is 0 Å². The van der Waals surface area contributed by atoms with Gasteiger partial charge in [-0.15, -0.1) is 0 Å². The first-order chi connectivity index (χ1) is 12.9. The minimum atomic E-state index is -4.35. The Morgan fingerprint density at radius 2 is 1.70 bits per heavy atom. The van der Waals surface area contributed by atoms with Crippen LogP contribution in [0.3, 0.4) is 0 Å². The second-order valence-corrected chi connectivity index (χ2v) is 8.56. The summed E-state index contributed by atoms with van der Waals surface area (Å²) >= 11 is 0. The number of hydrogen-bond donors (Lipinski definition) is 0. The normalized spacial score (nSPS) is 27.1. The summed E-state index contributed by atoms with van der Waals surface area (Å²) in [5, 5.41) is 0. The fourth-order valence-corrected chi connectivity index (χ4v) is 5.05. The van der Waals surface area contributed by atoms with Crippen LogP contribution in [-0.4, -0.2) is 29.8 Å². The third kappa shape index (κ3) is 4.23. The van der Waals surface area contributed by atoms with Gasteiger partial charge in [0.15, 0.2) is 5.78 Å². The van der Waals surface area contributed by atoms with E-state index in [-0.39, 0.29) is 11.7 Å². The molecule has 3 aliphatic rings. The SMILES string of the molecule is O=C(CC1CCCCC1N1CCCC1)c1ccc(C(F)(F)F)cc1C1CC1. The van der Waals surface area contributed by atoms with E-state index < -0.39 is 11.7 Å². The summed E-state index contributed by atoms with van der Waals surface area (Å²) in [6.45, 7) is 2.26. The third-order valence-corrected chi connectivity index (χ3v) is 6.62. The van der Waals surface area contributed by atoms with Crippen LogP contribution in [-0.2, 0) is 6.18 Å². The summed E-state index contributed by atoms with van der Waals surface area (Å²) < 4.78 is 39.3. The van der Waals surface area contributed by atoms with Gasteiger partial charge in [-0.1, -0.05) is 18.9 Å². The molecule has 1 aliphatic heterocycles. The highest BCUT2D eigenvalue weighted by Crippen LogP contribution is 2.44. The minimum Gasteiger partial charge on any atom is -0.300 e. The van der Waals surface area contributed by atoms with Gasteiger partial charge in [0.05, 0.1) is 5.56 Å². The Labute approximate surface area is 159 Å². The number of nitrogens with zero attached hydrogens (tertiary/aromatic N) is 1. The average Bonchev–Trinajstić information content (AvgIpc) is 3.35. The molecular formula is C22H28F3NO. The number of ketones is 1. The quantitative estimate of drug-likeness (QED) is 0.602. The van der Waals surface area contributed by atoms with E-state index in [4.69, 9.17) is 0 Å². The van der Waals surface area contributed by atoms with Gasteiger partial charge < -0.3 is 4.90 Å². The molecule has 2 atom stereocenters. The fraction of sp³-hybridized carbons (Fsp3) is 0.682. The smallest absolute Gasteiger partial charge is 0.300 e. The van der Waals surface area contributed by atoms with E-state index >= 15 is 0 Å². The molecule has 0 spiro atoms. The molecule has 27 heavy (non-hydrogen) atoms. The number of likely N-dealkylation sites (tertiary alicyclic amines) is 1. The molecule has 3 fully saturated rings. The summed E-state index contributed by atoms with van der Waals surface area (Å²) in [5.74, 6) is 0.521. The topological polar surface area (TPSA) is 20.3 Å². The van der Waals surface area contributed by atoms with Crippen LogP contribution in [0.25, 0.3) is 0 Å². The molecule has 1 aromatic rings. The third-order valence-electron chi connectivity index (χ3n) is 6.62. The first kappa shape index (κ1) is 19.0. The highest BCUT2D eigenvalue weighted by molar-refractivity contribution is 5.98. The van der Waals surface area contributed by atoms with Gasteiger partial charge in [-0.2, -0.15) is 13.2 Å². The highest BCUT2D eigenvalue weighted by atomic mass is 19.4. The predicted octanol–water partition coefficient (Wildman–Crippen LogP) is 5.81. The summed E-state index contributed by atoms with van der Waals surface area (Å²) in [7, 11) is 0. The second-order valence-electron chi connectivity index (χ2n) is 8.56. The van der Waals surface area contributed by atoms with Crippen molar-refractivity contribution in [3.8, 4) is 0 Å². The van der Waals surface area contributed by atoms with Gasteiger partial charge >= 0.3 is 6.18 Å². The fourth-order valence-electron chi connectivity index (χ4n) is 5.05. The van der Waals surface area contributed by atoms with Crippen LogP contribution < -0.4 is 0 Å². The van der Waals surface area contributed by atoms with Crippen molar-refractivity contribution in [3.63, 3.8) is 0 Å². The maximum absolute atomic E-state index is 13.1. The summed E-state index contributed by atoms with van der Waals surface area (Å²) in [5.41, 5.74) is 0.535. The molecule has 4 rings (SSSR count). The van der Waals surface area contributed by atoms with Gasteiger partial charge in [-0.05, 0) is 81.1 Å². The zero-order valence-electron chi connectivity index (χ0n) is 15.7. The molecule has 2 nitrogen and oxygen atoms in total. The Balaban J connectivity index is 1.53. The standard InChI is InChI=1S/C22H28F3NO/c23-22(24,25)17-9-10-18(19(14-17)15-7-8-15)21(27)13-16-5-1-2-6-20(16)26-11-3-4-12-26/h9-10,14-16,20H,1-8,11-13H2. The van der Waals surface area contributed by atoms with E-state index in [2.05, 4.69) is 4.90 Å². The number of rotatable bonds is 5. The van der Waals surface area contributed by atoms with Crippen LogP contribution in [0.4, 0.5) is 13.2 Å². The number of halogens is 3. The van der Waals surface area contributed by atoms with Crippen LogP contribution in [0, 0.1) is 5.92 Å². The van der Waals surface area contributed by atoms with E-state index in [9.17, 15) is 18.0 Å². The molecule has 2 aliphatic carbocycles. The van der Waals surface area contributed by atoms with Crippen molar-refractivity contribution in [2.24, 2.45) is 5.92 Å². The molecule has 1 saturated heterocycles. The van der Waals surface area contributed by atoms with Crippen LogP contribution in [0.1, 0.15) is 85.2 Å². The zero-order valence-corrected chi connectivity index (χ0v) is 15.7. The Morgan fingerprint density at radius 3 is 2.37 bits per heavy atom. The summed E-state index contributed by atoms with van der Waals surface area (Å²) in [6.07, 6.45) is 4.98. The van der Waals surface area contributed by atoms with Gasteiger partial charge in [0.1, 0.15) is 0 Å². The van der Waals surface area contributed by atoms with Crippen molar-refractivity contribution in [2.75, 3.05) is 13.1 Å². The highest BCUT2D eigenvalue weighted by Gasteiger charge is 2.37. The lowest BCUT2D eigenvalue weighted by Gasteiger charge is -2.38. The number of hydrogen-bond acceptors (Lipinski definition) is 2. The first-order valence-electron chi connectivity index (χ1n) is 10.4. The van der Waals surface area contributed by atoms with Crippen LogP contribution >= 0.6 is 0 Å². The molecule has 1 heterocycles. The van der Waals surface area contributed by atoms with Gasteiger partial charge in [-0.25, -0.2) is 0 Å². The monoisotopic (exact) mass is 379 g/mol. The van der Waals surface area contributed by atoms with E-state index in [1.54, 1.807) is 0 Å². The van der Waals surface area contributed by atoms with Crippen molar-refractivity contribution in [2.45, 2.75) is 75.9 Å². The van der Waals surface area contributed by atoms with E-state index in [0.29, 0.717) is 29.5 Å². The van der Waals surface area contributed by atoms with Gasteiger partial charge in [-0.3, -0.25) is 4.79 Å². The number of Topliss-reactive ketones (excluding diaryl/α,β-unsaturated/α-hetero) is 1. The molecule has 0 radical (unpaired) electrons. The molecule has 0 amide bonds. The lowest BCUT2D eigenvalue weighted by Crippen LogP contribution is -2.41. The maximum atomic E-state index is 13.1. The largest absolute Gasteiger partial charge is 0.416 e. The molecule has 5 heteroatoms. The second kappa shape index (κ2) is 7.57. The molecule has 148 valence electrons. The summed E-state index contributed by atoms with van der Waals surface area (Å²) in [6, 6.07) is 4.22. The molecule has 0 aromatic heterocycles. The van der Waals surface area contributed by atoms with Gasteiger partial charge in [0, 0.05) is 18.0 Å². The Bertz CT molecular complexity index is 689. The average molecular weight is 379 g/mol. The number of benzene rings is 1. The number of carbonyl (C=O) groups is 1. The number of carbonyl (C=O) groups excluding carboxylic acids is 1. The van der Waals surface area contributed by atoms with Crippen molar-refractivity contribution < 1.29 is 18.0 Å². The van der Waals surface area contributed by atoms with Crippen LogP contribution in [0.2, 0.25) is 0 Å². The predicted molar refractivity (Wildman–Crippen MR) is 98.9 cm³/mol. The van der Waals surface area contributed by atoms with Crippen molar-refractivity contribution in [3.05, 3.63) is 34.9 Å². The van der Waals surface area contributed by atoms with Crippen molar-refractivity contribution in [1.29, 1.82) is 0 Å². The van der Waals surface area contributed by atoms with E-state index in [0.717, 1.165) is 51.3 Å². The van der Waals surface area contributed by atoms with Crippen molar-refractivity contribution in [1.82, 2.24) is 4.90 Å². The molecule has 0 N–H and O–H groups in total. The maximum Gasteiger partial charge on any atom is 0.416 e. The lowest BCUT2D eigenvalue weighted by atomic mass is 9.79. The lowest BCUT2D eigenvalue weighted by molar-refractivity contribution is -0.137. The number of alkyl halides is 3. The molecular weight excluding hydrogens is 351 g/mol. The molecule has 2 saturated carbocycles. The van der Waals surface area contributed by atoms with E-state index in [1.807, 2.05) is 0 Å². The Kier molecular flexibility index (Phi) is 5.32. The first-order valence-corrected chi connectivity index (χ1v) is 10.4. The van der Waals surface area contributed by atoms with Crippen molar-refractivity contribution >= 4 is 5.78 Å². The Hall–Kier alpha value is -1.36. The minimum absolute atomic E-state index is 0.0433. The summed E-state index contributed by atoms with van der Waals surface area (Å²) in [4.78, 5) is 15.6. The van der Waals surface area contributed by atoms with Crippen LogP contribution in [0.15, 0.2) is 18.2 Å². The Morgan fingerprint density at radius 1 is 1.00 bits per heavy atom. The van der Waals surface area contributed by atoms with Gasteiger partial charge in [0.25, 0.3) is 0 Å². The van der Waals surface area contributed by atoms with Crippen LogP contribution in [0.5, 0.6) is 0 Å².